The maximum Gasteiger partial charge on any atom is 0.422 e. The molecule has 0 unspecified atom stereocenters. The van der Waals surface area contributed by atoms with E-state index in [0.717, 1.165) is 0 Å². The molecule has 0 saturated carbocycles. The zero-order valence-corrected chi connectivity index (χ0v) is 10.2. The van der Waals surface area contributed by atoms with Crippen LogP contribution in [0.15, 0.2) is 24.3 Å². The lowest BCUT2D eigenvalue weighted by atomic mass is 10.1. The molecule has 0 heterocycles. The van der Waals surface area contributed by atoms with E-state index in [1.165, 1.54) is 7.11 Å². The molecule has 1 aromatic carbocycles. The molecule has 1 atom stereocenters. The van der Waals surface area contributed by atoms with Gasteiger partial charge in [0.05, 0.1) is 7.11 Å². The quantitative estimate of drug-likeness (QED) is 0.832. The van der Waals surface area contributed by atoms with Crippen molar-refractivity contribution in [2.45, 2.75) is 18.6 Å². The number of nitrogens with two attached hydrogens (primary N) is 1. The predicted molar refractivity (Wildman–Crippen MR) is 61.7 cm³/mol. The lowest BCUT2D eigenvalue weighted by Crippen LogP contribution is -2.36. The molecule has 106 valence electrons. The summed E-state index contributed by atoms with van der Waals surface area (Å²) < 4.78 is 44.7. The number of benzene rings is 1. The number of halogens is 3. The lowest BCUT2D eigenvalue weighted by molar-refractivity contribution is -0.187. The molecule has 1 rings (SSSR count). The molecular formula is C12H14F3NO3. The molecule has 2 N–H and O–H groups in total. The number of alkyl halides is 3. The smallest absolute Gasteiger partial charge is 0.422 e. The summed E-state index contributed by atoms with van der Waals surface area (Å²) in [6.07, 6.45) is -4.47. The molecule has 19 heavy (non-hydrogen) atoms. The number of hydrogen-bond acceptors (Lipinski definition) is 4. The van der Waals surface area contributed by atoms with Crippen molar-refractivity contribution < 1.29 is 27.4 Å². The Kier molecular flexibility index (Phi) is 5.17. The monoisotopic (exact) mass is 277 g/mol. The molecular weight excluding hydrogens is 263 g/mol. The van der Waals surface area contributed by atoms with Gasteiger partial charge < -0.3 is 15.2 Å². The van der Waals surface area contributed by atoms with E-state index in [9.17, 15) is 18.0 Å². The Morgan fingerprint density at radius 1 is 1.42 bits per heavy atom. The highest BCUT2D eigenvalue weighted by molar-refractivity contribution is 5.75. The van der Waals surface area contributed by atoms with Crippen LogP contribution in [-0.4, -0.2) is 31.9 Å². The second-order valence-electron chi connectivity index (χ2n) is 3.89. The largest absolute Gasteiger partial charge is 0.497 e. The van der Waals surface area contributed by atoms with Gasteiger partial charge in [-0.15, -0.1) is 0 Å². The first-order chi connectivity index (χ1) is 8.81. The molecule has 0 bridgehead atoms. The van der Waals surface area contributed by atoms with Gasteiger partial charge in [0.2, 0.25) is 0 Å². The molecule has 0 fully saturated rings. The van der Waals surface area contributed by atoms with Crippen LogP contribution in [0.3, 0.4) is 0 Å². The van der Waals surface area contributed by atoms with Gasteiger partial charge in [-0.2, -0.15) is 13.2 Å². The molecule has 0 saturated heterocycles. The summed E-state index contributed by atoms with van der Waals surface area (Å²) in [5.74, 6) is -0.506. The van der Waals surface area contributed by atoms with Crippen LogP contribution in [0.25, 0.3) is 0 Å². The van der Waals surface area contributed by atoms with Crippen molar-refractivity contribution in [1.82, 2.24) is 0 Å². The van der Waals surface area contributed by atoms with Crippen molar-refractivity contribution >= 4 is 5.97 Å². The van der Waals surface area contributed by atoms with Gasteiger partial charge in [0.1, 0.15) is 11.8 Å². The number of carbonyl (C=O) groups excluding carboxylic acids is 1. The standard InChI is InChI=1S/C12H14F3NO3/c1-18-9-4-2-3-8(5-9)6-10(16)11(17)19-7-12(13,14)15/h2-5,10H,6-7,16H2,1H3/t10-/m0/s1. The van der Waals surface area contributed by atoms with E-state index < -0.39 is 24.8 Å². The molecule has 0 radical (unpaired) electrons. The summed E-state index contributed by atoms with van der Waals surface area (Å²) in [5.41, 5.74) is 6.16. The number of methoxy groups -OCH3 is 1. The fraction of sp³-hybridized carbons (Fsp3) is 0.417. The maximum atomic E-state index is 11.9. The second-order valence-corrected chi connectivity index (χ2v) is 3.89. The predicted octanol–water partition coefficient (Wildman–Crippen LogP) is 1.67. The van der Waals surface area contributed by atoms with E-state index >= 15 is 0 Å². The van der Waals surface area contributed by atoms with Crippen LogP contribution in [0.1, 0.15) is 5.56 Å². The van der Waals surface area contributed by atoms with Gasteiger partial charge in [0, 0.05) is 0 Å². The number of rotatable bonds is 5. The summed E-state index contributed by atoms with van der Waals surface area (Å²) in [6.45, 7) is -1.63. The van der Waals surface area contributed by atoms with E-state index in [2.05, 4.69) is 4.74 Å². The van der Waals surface area contributed by atoms with Crippen molar-refractivity contribution in [3.63, 3.8) is 0 Å². The van der Waals surface area contributed by atoms with Crippen molar-refractivity contribution in [3.05, 3.63) is 29.8 Å². The van der Waals surface area contributed by atoms with Crippen LogP contribution in [0, 0.1) is 0 Å². The van der Waals surface area contributed by atoms with Crippen LogP contribution in [0.5, 0.6) is 5.75 Å². The zero-order valence-electron chi connectivity index (χ0n) is 10.2. The van der Waals surface area contributed by atoms with E-state index in [1.54, 1.807) is 24.3 Å². The molecule has 0 aliphatic rings. The normalized spacial score (nSPS) is 12.9. The van der Waals surface area contributed by atoms with Crippen LogP contribution in [-0.2, 0) is 16.0 Å². The van der Waals surface area contributed by atoms with Gasteiger partial charge in [0.25, 0.3) is 0 Å². The lowest BCUT2D eigenvalue weighted by Gasteiger charge is -2.13. The third kappa shape index (κ3) is 5.60. The molecule has 7 heteroatoms. The molecule has 1 aromatic rings. The maximum absolute atomic E-state index is 11.9. The summed E-state index contributed by atoms with van der Waals surface area (Å²) >= 11 is 0. The second kappa shape index (κ2) is 6.42. The first-order valence-electron chi connectivity index (χ1n) is 5.43. The van der Waals surface area contributed by atoms with Crippen molar-refractivity contribution in [2.24, 2.45) is 5.73 Å². The average Bonchev–Trinajstić information content (AvgIpc) is 2.35. The SMILES string of the molecule is COc1cccc(C[C@H](N)C(=O)OCC(F)(F)F)c1. The van der Waals surface area contributed by atoms with E-state index in [-0.39, 0.29) is 6.42 Å². The van der Waals surface area contributed by atoms with Crippen LogP contribution in [0.2, 0.25) is 0 Å². The van der Waals surface area contributed by atoms with Crippen LogP contribution >= 0.6 is 0 Å². The first kappa shape index (κ1) is 15.3. The number of esters is 1. The third-order valence-corrected chi connectivity index (χ3v) is 2.27. The number of carbonyl (C=O) groups is 1. The minimum Gasteiger partial charge on any atom is -0.497 e. The number of ether oxygens (including phenoxy) is 2. The summed E-state index contributed by atoms with van der Waals surface area (Å²) in [5, 5.41) is 0. The Balaban J connectivity index is 2.53. The molecule has 0 aliphatic heterocycles. The minimum absolute atomic E-state index is 0.0773. The van der Waals surface area contributed by atoms with Gasteiger partial charge >= 0.3 is 12.1 Å². The molecule has 4 nitrogen and oxygen atoms in total. The molecule has 0 aliphatic carbocycles. The van der Waals surface area contributed by atoms with Gasteiger partial charge in [-0.1, -0.05) is 12.1 Å². The minimum atomic E-state index is -4.55. The van der Waals surface area contributed by atoms with Crippen molar-refractivity contribution in [3.8, 4) is 5.75 Å². The Labute approximate surface area is 108 Å². The Morgan fingerprint density at radius 3 is 2.68 bits per heavy atom. The Bertz CT molecular complexity index is 434. The highest BCUT2D eigenvalue weighted by Gasteiger charge is 2.30. The molecule has 0 aromatic heterocycles. The van der Waals surface area contributed by atoms with E-state index in [0.29, 0.717) is 11.3 Å². The Hall–Kier alpha value is -1.76. The van der Waals surface area contributed by atoms with Gasteiger partial charge in [-0.25, -0.2) is 0 Å². The van der Waals surface area contributed by atoms with Crippen LogP contribution < -0.4 is 10.5 Å². The van der Waals surface area contributed by atoms with Crippen molar-refractivity contribution in [1.29, 1.82) is 0 Å². The van der Waals surface area contributed by atoms with Gasteiger partial charge in [-0.3, -0.25) is 4.79 Å². The summed E-state index contributed by atoms with van der Waals surface area (Å²) in [7, 11) is 1.48. The average molecular weight is 277 g/mol. The fourth-order valence-corrected chi connectivity index (χ4v) is 1.40. The summed E-state index contributed by atoms with van der Waals surface area (Å²) in [6, 6.07) is 5.60. The van der Waals surface area contributed by atoms with Gasteiger partial charge in [-0.05, 0) is 24.1 Å². The topological polar surface area (TPSA) is 61.5 Å². The fourth-order valence-electron chi connectivity index (χ4n) is 1.40. The highest BCUT2D eigenvalue weighted by Crippen LogP contribution is 2.16. The van der Waals surface area contributed by atoms with E-state index in [4.69, 9.17) is 10.5 Å². The number of hydrogen-bond donors (Lipinski definition) is 1. The highest BCUT2D eigenvalue weighted by atomic mass is 19.4. The Morgan fingerprint density at radius 2 is 2.11 bits per heavy atom. The summed E-state index contributed by atoms with van der Waals surface area (Å²) in [4.78, 5) is 11.3. The first-order valence-corrected chi connectivity index (χ1v) is 5.43. The van der Waals surface area contributed by atoms with Crippen molar-refractivity contribution in [2.75, 3.05) is 13.7 Å². The van der Waals surface area contributed by atoms with Gasteiger partial charge in [0.15, 0.2) is 6.61 Å². The van der Waals surface area contributed by atoms with E-state index in [1.807, 2.05) is 0 Å². The zero-order chi connectivity index (χ0) is 14.5. The molecule has 0 amide bonds. The van der Waals surface area contributed by atoms with Crippen LogP contribution in [0.4, 0.5) is 13.2 Å². The molecule has 0 spiro atoms. The third-order valence-electron chi connectivity index (χ3n) is 2.27.